The zero-order valence-corrected chi connectivity index (χ0v) is 17.3. The highest BCUT2D eigenvalue weighted by Crippen LogP contribution is 2.44. The normalized spacial score (nSPS) is 13.4. The monoisotopic (exact) mass is 410 g/mol. The number of amides is 1. The van der Waals surface area contributed by atoms with E-state index in [1.54, 1.807) is 13.4 Å². The molecular formula is C23H24F2N4O. The van der Waals surface area contributed by atoms with E-state index >= 15 is 0 Å². The fourth-order valence-electron chi connectivity index (χ4n) is 3.76. The van der Waals surface area contributed by atoms with Crippen LogP contribution in [0.5, 0.6) is 0 Å². The van der Waals surface area contributed by atoms with E-state index in [0.29, 0.717) is 18.0 Å². The molecule has 2 aromatic carbocycles. The van der Waals surface area contributed by atoms with E-state index in [9.17, 15) is 13.6 Å². The molecule has 0 radical (unpaired) electrons. The Morgan fingerprint density at radius 2 is 1.77 bits per heavy atom. The lowest BCUT2D eigenvalue weighted by Crippen LogP contribution is -2.19. The van der Waals surface area contributed by atoms with Gasteiger partial charge in [-0.2, -0.15) is 0 Å². The predicted octanol–water partition coefficient (Wildman–Crippen LogP) is 4.41. The van der Waals surface area contributed by atoms with Crippen LogP contribution < -0.4 is 9.80 Å². The number of nitrogens with zero attached hydrogens (tertiary/aromatic N) is 4. The Bertz CT molecular complexity index is 1070. The van der Waals surface area contributed by atoms with Crippen molar-refractivity contribution in [2.45, 2.75) is 25.3 Å². The number of rotatable bonds is 7. The van der Waals surface area contributed by atoms with E-state index in [4.69, 9.17) is 0 Å². The maximum absolute atomic E-state index is 13.9. The van der Waals surface area contributed by atoms with Gasteiger partial charge in [0.1, 0.15) is 11.6 Å². The zero-order valence-electron chi connectivity index (χ0n) is 17.3. The van der Waals surface area contributed by atoms with Crippen molar-refractivity contribution in [1.29, 1.82) is 0 Å². The second kappa shape index (κ2) is 7.89. The predicted molar refractivity (Wildman–Crippen MR) is 114 cm³/mol. The maximum atomic E-state index is 13.9. The Hall–Kier alpha value is -3.22. The van der Waals surface area contributed by atoms with E-state index in [-0.39, 0.29) is 0 Å². The molecule has 0 bridgehead atoms. The Labute approximate surface area is 174 Å². The van der Waals surface area contributed by atoms with E-state index < -0.39 is 11.6 Å². The number of imidazole rings is 1. The Morgan fingerprint density at radius 1 is 1.07 bits per heavy atom. The lowest BCUT2D eigenvalue weighted by atomic mass is 10.1. The molecule has 0 saturated heterocycles. The molecule has 1 amide bonds. The molecule has 0 aliphatic heterocycles. The number of carbonyl (C=O) groups excluding carboxylic acids is 1. The number of benzene rings is 2. The van der Waals surface area contributed by atoms with E-state index in [1.165, 1.54) is 17.0 Å². The van der Waals surface area contributed by atoms with Crippen molar-refractivity contribution in [3.63, 3.8) is 0 Å². The van der Waals surface area contributed by atoms with Gasteiger partial charge in [0, 0.05) is 45.2 Å². The van der Waals surface area contributed by atoms with Gasteiger partial charge in [0.2, 0.25) is 6.41 Å². The molecule has 1 aliphatic carbocycles. The number of anilines is 2. The molecule has 1 fully saturated rings. The highest BCUT2D eigenvalue weighted by atomic mass is 19.1. The van der Waals surface area contributed by atoms with Gasteiger partial charge in [0.05, 0.1) is 29.1 Å². The zero-order chi connectivity index (χ0) is 21.4. The molecule has 7 heteroatoms. The van der Waals surface area contributed by atoms with Crippen molar-refractivity contribution in [3.8, 4) is 11.3 Å². The summed E-state index contributed by atoms with van der Waals surface area (Å²) in [6.07, 6.45) is 4.57. The molecule has 30 heavy (non-hydrogen) atoms. The molecule has 0 spiro atoms. The van der Waals surface area contributed by atoms with Gasteiger partial charge < -0.3 is 14.4 Å². The fourth-order valence-corrected chi connectivity index (χ4v) is 3.76. The van der Waals surface area contributed by atoms with E-state index in [2.05, 4.69) is 4.98 Å². The molecule has 4 rings (SSSR count). The Morgan fingerprint density at radius 3 is 2.37 bits per heavy atom. The summed E-state index contributed by atoms with van der Waals surface area (Å²) in [7, 11) is 5.56. The van der Waals surface area contributed by atoms with Crippen molar-refractivity contribution in [1.82, 2.24) is 9.55 Å². The summed E-state index contributed by atoms with van der Waals surface area (Å²) < 4.78 is 29.8. The summed E-state index contributed by atoms with van der Waals surface area (Å²) in [4.78, 5) is 19.4. The van der Waals surface area contributed by atoms with Crippen molar-refractivity contribution >= 4 is 17.8 Å². The molecule has 1 aromatic heterocycles. The largest absolute Gasteiger partial charge is 0.376 e. The highest BCUT2D eigenvalue weighted by molar-refractivity contribution is 5.83. The van der Waals surface area contributed by atoms with Crippen molar-refractivity contribution in [2.75, 3.05) is 30.9 Å². The van der Waals surface area contributed by atoms with Crippen LogP contribution in [0.3, 0.4) is 0 Å². The van der Waals surface area contributed by atoms with Gasteiger partial charge in [-0.25, -0.2) is 13.8 Å². The van der Waals surface area contributed by atoms with Gasteiger partial charge in [-0.1, -0.05) is 6.07 Å². The first-order valence-electron chi connectivity index (χ1n) is 9.87. The minimum Gasteiger partial charge on any atom is -0.376 e. The maximum Gasteiger partial charge on any atom is 0.213 e. The van der Waals surface area contributed by atoms with Gasteiger partial charge in [-0.3, -0.25) is 4.79 Å². The third-order valence-corrected chi connectivity index (χ3v) is 5.38. The third-order valence-electron chi connectivity index (χ3n) is 5.38. The van der Waals surface area contributed by atoms with Gasteiger partial charge in [0.15, 0.2) is 0 Å². The molecular weight excluding hydrogens is 386 g/mol. The van der Waals surface area contributed by atoms with Crippen LogP contribution in [-0.4, -0.2) is 37.1 Å². The Balaban J connectivity index is 1.76. The SMILES string of the molecule is CN(C)c1ccc(Cn2cnc(C3CC3)c2-c2cc(F)cc(F)c2)cc1N(C)C=O. The standard InChI is InChI=1S/C23H24F2N4O/c1-27(2)20-7-4-15(8-21(20)28(3)14-30)12-29-13-26-22(16-5-6-16)23(29)17-9-18(24)11-19(25)10-17/h4,7-11,13-14,16H,5-6,12H2,1-3H3. The van der Waals surface area contributed by atoms with Crippen LogP contribution in [0, 0.1) is 11.6 Å². The van der Waals surface area contributed by atoms with Crippen LogP contribution >= 0.6 is 0 Å². The second-order valence-corrected chi connectivity index (χ2v) is 7.97. The lowest BCUT2D eigenvalue weighted by molar-refractivity contribution is -0.107. The second-order valence-electron chi connectivity index (χ2n) is 7.97. The number of halogens is 2. The Kier molecular flexibility index (Phi) is 5.28. The van der Waals surface area contributed by atoms with Crippen LogP contribution in [0.2, 0.25) is 0 Å². The number of aromatic nitrogens is 2. The lowest BCUT2D eigenvalue weighted by Gasteiger charge is -2.22. The smallest absolute Gasteiger partial charge is 0.213 e. The third kappa shape index (κ3) is 3.92. The molecule has 156 valence electrons. The molecule has 5 nitrogen and oxygen atoms in total. The highest BCUT2D eigenvalue weighted by Gasteiger charge is 2.30. The molecule has 0 atom stereocenters. The van der Waals surface area contributed by atoms with Crippen molar-refractivity contribution < 1.29 is 13.6 Å². The fraction of sp³-hybridized carbons (Fsp3) is 0.304. The average molecular weight is 410 g/mol. The van der Waals surface area contributed by atoms with Gasteiger partial charge in [0.25, 0.3) is 0 Å². The molecule has 3 aromatic rings. The minimum atomic E-state index is -0.607. The summed E-state index contributed by atoms with van der Waals surface area (Å²) in [6, 6.07) is 9.49. The number of hydrogen-bond donors (Lipinski definition) is 0. The van der Waals surface area contributed by atoms with Crippen LogP contribution in [0.15, 0.2) is 42.7 Å². The van der Waals surface area contributed by atoms with Crippen molar-refractivity contribution in [3.05, 3.63) is 65.6 Å². The molecule has 1 aliphatic rings. The average Bonchev–Trinajstić information content (AvgIpc) is 3.46. The molecule has 1 saturated carbocycles. The molecule has 1 heterocycles. The van der Waals surface area contributed by atoms with Gasteiger partial charge >= 0.3 is 0 Å². The molecule has 0 N–H and O–H groups in total. The van der Waals surface area contributed by atoms with Crippen molar-refractivity contribution in [2.24, 2.45) is 0 Å². The first-order valence-corrected chi connectivity index (χ1v) is 9.87. The topological polar surface area (TPSA) is 41.4 Å². The molecule has 0 unspecified atom stereocenters. The van der Waals surface area contributed by atoms with Gasteiger partial charge in [-0.15, -0.1) is 0 Å². The van der Waals surface area contributed by atoms with Crippen LogP contribution in [0.25, 0.3) is 11.3 Å². The van der Waals surface area contributed by atoms with Crippen LogP contribution in [0.1, 0.15) is 30.0 Å². The number of hydrogen-bond acceptors (Lipinski definition) is 3. The summed E-state index contributed by atoms with van der Waals surface area (Å²) in [5, 5.41) is 0. The summed E-state index contributed by atoms with van der Waals surface area (Å²) in [5.41, 5.74) is 4.79. The first-order chi connectivity index (χ1) is 14.4. The van der Waals surface area contributed by atoms with Gasteiger partial charge in [-0.05, 0) is 42.7 Å². The summed E-state index contributed by atoms with van der Waals surface area (Å²) in [5.74, 6) is -0.880. The quantitative estimate of drug-likeness (QED) is 0.542. The van der Waals surface area contributed by atoms with Crippen LogP contribution in [0.4, 0.5) is 20.2 Å². The van der Waals surface area contributed by atoms with Crippen LogP contribution in [-0.2, 0) is 11.3 Å². The van der Waals surface area contributed by atoms with E-state index in [0.717, 1.165) is 53.6 Å². The number of carbonyl (C=O) groups is 1. The summed E-state index contributed by atoms with van der Waals surface area (Å²) >= 11 is 0. The van der Waals surface area contributed by atoms with E-state index in [1.807, 2.05) is 41.8 Å². The minimum absolute atomic E-state index is 0.334. The summed E-state index contributed by atoms with van der Waals surface area (Å²) in [6.45, 7) is 0.473. The first kappa shape index (κ1) is 20.1.